The number of anilines is 1. The number of aliphatic hydroxyl groups is 2. The standard InChI is InChI=1S/C16H25N3O2/c20-13-5-2-1-4-12(13)8-9-18-15-7-3-6-14(19-15)16(21)10-17-11-16/h3,6-7,12-13,17,20-21H,1-2,4-5,8-11H2,(H,18,19)/t12-,13-/m1/s1. The van der Waals surface area contributed by atoms with Crippen molar-refractivity contribution in [3.8, 4) is 0 Å². The molecule has 0 unspecified atom stereocenters. The molecule has 0 aromatic carbocycles. The maximum absolute atomic E-state index is 10.3. The maximum Gasteiger partial charge on any atom is 0.131 e. The van der Waals surface area contributed by atoms with Gasteiger partial charge in [-0.2, -0.15) is 0 Å². The van der Waals surface area contributed by atoms with Gasteiger partial charge in [-0.1, -0.05) is 18.9 Å². The molecule has 0 bridgehead atoms. The molecule has 1 aromatic rings. The van der Waals surface area contributed by atoms with Crippen molar-refractivity contribution < 1.29 is 10.2 Å². The summed E-state index contributed by atoms with van der Waals surface area (Å²) in [7, 11) is 0. The Morgan fingerprint density at radius 1 is 1.29 bits per heavy atom. The van der Waals surface area contributed by atoms with Gasteiger partial charge in [-0.15, -0.1) is 0 Å². The molecule has 5 heteroatoms. The Morgan fingerprint density at radius 3 is 2.81 bits per heavy atom. The van der Waals surface area contributed by atoms with Crippen molar-refractivity contribution in [1.29, 1.82) is 0 Å². The van der Waals surface area contributed by atoms with E-state index in [1.807, 2.05) is 18.2 Å². The van der Waals surface area contributed by atoms with Gasteiger partial charge in [-0.05, 0) is 37.3 Å². The predicted octanol–water partition coefficient (Wildman–Crippen LogP) is 1.23. The molecule has 21 heavy (non-hydrogen) atoms. The minimum Gasteiger partial charge on any atom is -0.393 e. The van der Waals surface area contributed by atoms with Crippen LogP contribution >= 0.6 is 0 Å². The highest BCUT2D eigenvalue weighted by Crippen LogP contribution is 2.27. The van der Waals surface area contributed by atoms with Crippen LogP contribution in [0.25, 0.3) is 0 Å². The first-order chi connectivity index (χ1) is 10.2. The van der Waals surface area contributed by atoms with E-state index in [1.165, 1.54) is 6.42 Å². The molecule has 3 rings (SSSR count). The number of β-amino-alcohol motifs (C(OH)–C–C–N with tert-alkyl or cyclic N) is 1. The van der Waals surface area contributed by atoms with Crippen LogP contribution in [0.3, 0.4) is 0 Å². The monoisotopic (exact) mass is 291 g/mol. The van der Waals surface area contributed by atoms with Crippen molar-refractivity contribution in [2.75, 3.05) is 25.0 Å². The van der Waals surface area contributed by atoms with E-state index in [2.05, 4.69) is 15.6 Å². The summed E-state index contributed by atoms with van der Waals surface area (Å²) in [5.74, 6) is 1.22. The second kappa shape index (κ2) is 6.30. The molecular weight excluding hydrogens is 266 g/mol. The molecule has 116 valence electrons. The summed E-state index contributed by atoms with van der Waals surface area (Å²) in [6.07, 6.45) is 5.29. The number of hydrogen-bond donors (Lipinski definition) is 4. The molecular formula is C16H25N3O2. The fourth-order valence-electron chi connectivity index (χ4n) is 3.25. The third-order valence-corrected chi connectivity index (χ3v) is 4.75. The van der Waals surface area contributed by atoms with Crippen LogP contribution < -0.4 is 10.6 Å². The van der Waals surface area contributed by atoms with Gasteiger partial charge >= 0.3 is 0 Å². The van der Waals surface area contributed by atoms with Crippen molar-refractivity contribution in [2.24, 2.45) is 5.92 Å². The van der Waals surface area contributed by atoms with Crippen LogP contribution in [0.1, 0.15) is 37.8 Å². The van der Waals surface area contributed by atoms with Crippen LogP contribution in [0, 0.1) is 5.92 Å². The first-order valence-corrected chi connectivity index (χ1v) is 8.00. The molecule has 1 aromatic heterocycles. The highest BCUT2D eigenvalue weighted by Gasteiger charge is 2.37. The minimum atomic E-state index is -0.808. The molecule has 1 aliphatic carbocycles. The smallest absolute Gasteiger partial charge is 0.131 e. The Kier molecular flexibility index (Phi) is 4.42. The zero-order valence-corrected chi connectivity index (χ0v) is 12.4. The molecule has 4 N–H and O–H groups in total. The number of nitrogens with one attached hydrogen (secondary N) is 2. The molecule has 1 aliphatic heterocycles. The highest BCUT2D eigenvalue weighted by atomic mass is 16.3. The third-order valence-electron chi connectivity index (χ3n) is 4.75. The fourth-order valence-corrected chi connectivity index (χ4v) is 3.25. The normalized spacial score (nSPS) is 27.9. The molecule has 0 radical (unpaired) electrons. The number of aliphatic hydroxyl groups excluding tert-OH is 1. The summed E-state index contributed by atoms with van der Waals surface area (Å²) in [5, 5.41) is 26.6. The van der Waals surface area contributed by atoms with Gasteiger partial charge in [-0.25, -0.2) is 4.98 Å². The average Bonchev–Trinajstić information content (AvgIpc) is 2.47. The number of nitrogens with zero attached hydrogens (tertiary/aromatic N) is 1. The van der Waals surface area contributed by atoms with Crippen LogP contribution in [0.4, 0.5) is 5.82 Å². The number of rotatable bonds is 5. The summed E-state index contributed by atoms with van der Waals surface area (Å²) >= 11 is 0. The zero-order chi connectivity index (χ0) is 14.7. The van der Waals surface area contributed by atoms with E-state index in [-0.39, 0.29) is 6.10 Å². The van der Waals surface area contributed by atoms with E-state index in [0.717, 1.165) is 43.7 Å². The number of aromatic nitrogens is 1. The van der Waals surface area contributed by atoms with E-state index in [0.29, 0.717) is 19.0 Å². The largest absolute Gasteiger partial charge is 0.393 e. The van der Waals surface area contributed by atoms with Gasteiger partial charge in [0.05, 0.1) is 11.8 Å². The Hall–Kier alpha value is -1.17. The SMILES string of the molecule is O[C@@H]1CCCC[C@@H]1CCNc1cccc(C2(O)CNC2)n1. The van der Waals surface area contributed by atoms with Crippen LogP contribution in [0.2, 0.25) is 0 Å². The van der Waals surface area contributed by atoms with Gasteiger partial charge < -0.3 is 20.8 Å². The molecule has 1 saturated carbocycles. The minimum absolute atomic E-state index is 0.137. The van der Waals surface area contributed by atoms with Crippen LogP contribution in [0.5, 0.6) is 0 Å². The van der Waals surface area contributed by atoms with Crippen molar-refractivity contribution >= 4 is 5.82 Å². The summed E-state index contributed by atoms with van der Waals surface area (Å²) in [5.41, 5.74) is -0.0824. The lowest BCUT2D eigenvalue weighted by Gasteiger charge is -2.37. The van der Waals surface area contributed by atoms with Gasteiger partial charge in [0.1, 0.15) is 11.4 Å². The molecule has 2 aliphatic rings. The van der Waals surface area contributed by atoms with Crippen LogP contribution in [-0.2, 0) is 5.60 Å². The quantitative estimate of drug-likeness (QED) is 0.656. The molecule has 2 heterocycles. The van der Waals surface area contributed by atoms with E-state index in [1.54, 1.807) is 0 Å². The molecule has 2 fully saturated rings. The second-order valence-electron chi connectivity index (χ2n) is 6.37. The first-order valence-electron chi connectivity index (χ1n) is 8.00. The Labute approximate surface area is 125 Å². The molecule has 5 nitrogen and oxygen atoms in total. The van der Waals surface area contributed by atoms with Crippen LogP contribution in [0.15, 0.2) is 18.2 Å². The van der Waals surface area contributed by atoms with Crippen molar-refractivity contribution in [2.45, 2.75) is 43.8 Å². The van der Waals surface area contributed by atoms with E-state index in [9.17, 15) is 10.2 Å². The van der Waals surface area contributed by atoms with Gasteiger partial charge in [0.15, 0.2) is 0 Å². The van der Waals surface area contributed by atoms with E-state index >= 15 is 0 Å². The zero-order valence-electron chi connectivity index (χ0n) is 12.4. The highest BCUT2D eigenvalue weighted by molar-refractivity contribution is 5.37. The Bertz CT molecular complexity index is 476. The van der Waals surface area contributed by atoms with Crippen molar-refractivity contribution in [1.82, 2.24) is 10.3 Å². The van der Waals surface area contributed by atoms with Crippen molar-refractivity contribution in [3.05, 3.63) is 23.9 Å². The Balaban J connectivity index is 1.52. The van der Waals surface area contributed by atoms with Gasteiger partial charge in [0.2, 0.25) is 0 Å². The summed E-state index contributed by atoms with van der Waals surface area (Å²) in [6.45, 7) is 1.95. The van der Waals surface area contributed by atoms with Gasteiger partial charge in [0.25, 0.3) is 0 Å². The molecule has 0 spiro atoms. The summed E-state index contributed by atoms with van der Waals surface area (Å²) in [4.78, 5) is 4.50. The third kappa shape index (κ3) is 3.36. The van der Waals surface area contributed by atoms with Gasteiger partial charge in [0, 0.05) is 19.6 Å². The van der Waals surface area contributed by atoms with Crippen LogP contribution in [-0.4, -0.2) is 40.9 Å². The molecule has 2 atom stereocenters. The van der Waals surface area contributed by atoms with E-state index in [4.69, 9.17) is 0 Å². The summed E-state index contributed by atoms with van der Waals surface area (Å²) < 4.78 is 0. The first kappa shape index (κ1) is 14.8. The predicted molar refractivity (Wildman–Crippen MR) is 82.1 cm³/mol. The van der Waals surface area contributed by atoms with Gasteiger partial charge in [-0.3, -0.25) is 0 Å². The molecule has 0 amide bonds. The lowest BCUT2D eigenvalue weighted by atomic mass is 9.84. The van der Waals surface area contributed by atoms with Crippen molar-refractivity contribution in [3.63, 3.8) is 0 Å². The molecule has 1 saturated heterocycles. The number of pyridine rings is 1. The Morgan fingerprint density at radius 2 is 2.10 bits per heavy atom. The average molecular weight is 291 g/mol. The number of hydrogen-bond acceptors (Lipinski definition) is 5. The van der Waals surface area contributed by atoms with E-state index < -0.39 is 5.60 Å². The topological polar surface area (TPSA) is 77.4 Å². The lowest BCUT2D eigenvalue weighted by molar-refractivity contribution is -0.0184. The fraction of sp³-hybridized carbons (Fsp3) is 0.688. The summed E-state index contributed by atoms with van der Waals surface area (Å²) in [6, 6.07) is 5.73. The lowest BCUT2D eigenvalue weighted by Crippen LogP contribution is -2.57. The second-order valence-corrected chi connectivity index (χ2v) is 6.37. The maximum atomic E-state index is 10.3.